The Labute approximate surface area is 184 Å². The van der Waals surface area contributed by atoms with Crippen LogP contribution in [-0.2, 0) is 29.0 Å². The van der Waals surface area contributed by atoms with E-state index in [0.29, 0.717) is 19.0 Å². The summed E-state index contributed by atoms with van der Waals surface area (Å²) in [5, 5.41) is 1.25. The number of ether oxygens (including phenoxy) is 1. The Morgan fingerprint density at radius 2 is 1.84 bits per heavy atom. The molecule has 3 heterocycles. The Hall–Kier alpha value is -2.63. The van der Waals surface area contributed by atoms with Crippen LogP contribution in [0.15, 0.2) is 54.6 Å². The summed E-state index contributed by atoms with van der Waals surface area (Å²) in [6.45, 7) is 5.42. The summed E-state index contributed by atoms with van der Waals surface area (Å²) in [6.07, 6.45) is 3.07. The van der Waals surface area contributed by atoms with E-state index >= 15 is 0 Å². The summed E-state index contributed by atoms with van der Waals surface area (Å²) in [5.74, 6) is 0.839. The molecule has 0 atom stereocenters. The number of para-hydroxylation sites is 1. The highest BCUT2D eigenvalue weighted by Gasteiger charge is 2.26. The average Bonchev–Trinajstić information content (AvgIpc) is 3.18. The van der Waals surface area contributed by atoms with E-state index < -0.39 is 0 Å². The van der Waals surface area contributed by atoms with E-state index in [2.05, 4.69) is 58.4 Å². The molecule has 1 aromatic heterocycles. The summed E-state index contributed by atoms with van der Waals surface area (Å²) in [6, 6.07) is 18.9. The first-order chi connectivity index (χ1) is 15.3. The molecule has 2 aliphatic heterocycles. The van der Waals surface area contributed by atoms with Crippen LogP contribution in [0.4, 0.5) is 0 Å². The number of aromatic nitrogens is 1. The molecule has 2 aromatic carbocycles. The predicted molar refractivity (Wildman–Crippen MR) is 123 cm³/mol. The second-order valence-electron chi connectivity index (χ2n) is 8.90. The molecule has 0 aliphatic carbocycles. The smallest absolute Gasteiger partial charge is 0.237 e. The molecule has 0 saturated carbocycles. The van der Waals surface area contributed by atoms with E-state index in [1.54, 1.807) is 0 Å². The number of nitrogens with zero attached hydrogens (tertiary/aromatic N) is 2. The number of H-pyrrole nitrogens is 1. The van der Waals surface area contributed by atoms with Crippen LogP contribution in [0.1, 0.15) is 29.7 Å². The lowest BCUT2D eigenvalue weighted by Gasteiger charge is -2.33. The molecule has 0 radical (unpaired) electrons. The fraction of sp³-hybridized carbons (Fsp3) is 0.423. The highest BCUT2D eigenvalue weighted by atomic mass is 16.5. The van der Waals surface area contributed by atoms with Crippen LogP contribution in [0, 0.1) is 5.92 Å². The number of fused-ring (bicyclic) bond motifs is 3. The molecule has 5 heteroatoms. The summed E-state index contributed by atoms with van der Waals surface area (Å²) in [7, 11) is 0. The third kappa shape index (κ3) is 4.68. The van der Waals surface area contributed by atoms with Crippen LogP contribution in [0.2, 0.25) is 0 Å². The molecule has 31 heavy (non-hydrogen) atoms. The minimum absolute atomic E-state index is 0.235. The Balaban J connectivity index is 1.29. The third-order valence-corrected chi connectivity index (χ3v) is 6.70. The Morgan fingerprint density at radius 3 is 2.68 bits per heavy atom. The van der Waals surface area contributed by atoms with Gasteiger partial charge in [0.2, 0.25) is 5.91 Å². The van der Waals surface area contributed by atoms with Crippen molar-refractivity contribution in [3.8, 4) is 0 Å². The van der Waals surface area contributed by atoms with Gasteiger partial charge in [-0.2, -0.15) is 0 Å². The summed E-state index contributed by atoms with van der Waals surface area (Å²) < 4.78 is 5.54. The van der Waals surface area contributed by atoms with E-state index in [0.717, 1.165) is 52.1 Å². The highest BCUT2D eigenvalue weighted by Crippen LogP contribution is 2.28. The van der Waals surface area contributed by atoms with Gasteiger partial charge in [-0.3, -0.25) is 9.69 Å². The zero-order valence-corrected chi connectivity index (χ0v) is 18.1. The molecule has 2 aliphatic rings. The minimum atomic E-state index is 0.235. The predicted octanol–water partition coefficient (Wildman–Crippen LogP) is 3.98. The van der Waals surface area contributed by atoms with Gasteiger partial charge >= 0.3 is 0 Å². The second kappa shape index (κ2) is 9.25. The van der Waals surface area contributed by atoms with Crippen molar-refractivity contribution in [2.45, 2.75) is 32.4 Å². The Kier molecular flexibility index (Phi) is 6.05. The van der Waals surface area contributed by atoms with Gasteiger partial charge in [-0.25, -0.2) is 0 Å². The van der Waals surface area contributed by atoms with Gasteiger partial charge in [0.15, 0.2) is 0 Å². The topological polar surface area (TPSA) is 48.6 Å². The first-order valence-corrected chi connectivity index (χ1v) is 11.5. The molecule has 1 amide bonds. The first kappa shape index (κ1) is 20.3. The molecular formula is C26H31N3O2. The van der Waals surface area contributed by atoms with Crippen LogP contribution in [0.3, 0.4) is 0 Å². The molecule has 0 spiro atoms. The van der Waals surface area contributed by atoms with Crippen LogP contribution < -0.4 is 0 Å². The molecule has 162 valence electrons. The highest BCUT2D eigenvalue weighted by molar-refractivity contribution is 5.86. The maximum Gasteiger partial charge on any atom is 0.237 e. The molecule has 1 fully saturated rings. The van der Waals surface area contributed by atoms with Crippen molar-refractivity contribution < 1.29 is 9.53 Å². The number of rotatable bonds is 6. The number of amides is 1. The molecule has 3 aromatic rings. The summed E-state index contributed by atoms with van der Waals surface area (Å²) >= 11 is 0. The zero-order valence-electron chi connectivity index (χ0n) is 18.1. The van der Waals surface area contributed by atoms with Gasteiger partial charge in [-0.05, 0) is 30.4 Å². The van der Waals surface area contributed by atoms with Crippen molar-refractivity contribution in [3.05, 3.63) is 71.4 Å². The van der Waals surface area contributed by atoms with Crippen molar-refractivity contribution >= 4 is 16.8 Å². The van der Waals surface area contributed by atoms with Crippen LogP contribution in [-0.4, -0.2) is 53.5 Å². The summed E-state index contributed by atoms with van der Waals surface area (Å²) in [5.41, 5.74) is 5.01. The quantitative estimate of drug-likeness (QED) is 0.660. The van der Waals surface area contributed by atoms with E-state index in [4.69, 9.17) is 4.74 Å². The fourth-order valence-corrected chi connectivity index (χ4v) is 4.99. The van der Waals surface area contributed by atoms with Crippen molar-refractivity contribution in [2.24, 2.45) is 5.92 Å². The lowest BCUT2D eigenvalue weighted by atomic mass is 9.99. The average molecular weight is 418 g/mol. The number of aromatic amines is 1. The van der Waals surface area contributed by atoms with Gasteiger partial charge in [0.25, 0.3) is 0 Å². The standard InChI is InChI=1S/C26H31N3O2/c30-26(29-13-10-25-23(18-29)22-8-4-5-9-24(22)27-25)19-28(16-20-6-2-1-3-7-20)17-21-11-14-31-15-12-21/h1-9,21,27H,10-19H2. The van der Waals surface area contributed by atoms with Gasteiger partial charge in [-0.15, -0.1) is 0 Å². The van der Waals surface area contributed by atoms with Crippen LogP contribution in [0.5, 0.6) is 0 Å². The number of nitrogens with one attached hydrogen (secondary N) is 1. The van der Waals surface area contributed by atoms with Crippen molar-refractivity contribution in [1.82, 2.24) is 14.8 Å². The normalized spacial score (nSPS) is 17.3. The van der Waals surface area contributed by atoms with E-state index in [-0.39, 0.29) is 5.91 Å². The van der Waals surface area contributed by atoms with E-state index in [1.807, 2.05) is 11.0 Å². The van der Waals surface area contributed by atoms with Crippen LogP contribution in [0.25, 0.3) is 10.9 Å². The molecule has 0 bridgehead atoms. The Bertz CT molecular complexity index is 1020. The van der Waals surface area contributed by atoms with Crippen LogP contribution >= 0.6 is 0 Å². The molecule has 1 saturated heterocycles. The van der Waals surface area contributed by atoms with Gasteiger partial charge < -0.3 is 14.6 Å². The number of benzene rings is 2. The SMILES string of the molecule is O=C(CN(Cc1ccccc1)CC1CCOCC1)N1CCc2[nH]c3ccccc3c2C1. The number of hydrogen-bond donors (Lipinski definition) is 1. The maximum absolute atomic E-state index is 13.4. The second-order valence-corrected chi connectivity index (χ2v) is 8.90. The third-order valence-electron chi connectivity index (χ3n) is 6.70. The first-order valence-electron chi connectivity index (χ1n) is 11.5. The van der Waals surface area contributed by atoms with E-state index in [9.17, 15) is 4.79 Å². The molecule has 5 nitrogen and oxygen atoms in total. The molecule has 0 unspecified atom stereocenters. The van der Waals surface area contributed by atoms with Gasteiger partial charge in [0.1, 0.15) is 0 Å². The zero-order chi connectivity index (χ0) is 21.0. The number of carbonyl (C=O) groups is 1. The molecular weight excluding hydrogens is 386 g/mol. The van der Waals surface area contributed by atoms with E-state index in [1.165, 1.54) is 27.7 Å². The largest absolute Gasteiger partial charge is 0.381 e. The van der Waals surface area contributed by atoms with Crippen molar-refractivity contribution in [3.63, 3.8) is 0 Å². The van der Waals surface area contributed by atoms with Crippen molar-refractivity contribution in [2.75, 3.05) is 32.8 Å². The number of hydrogen-bond acceptors (Lipinski definition) is 3. The monoisotopic (exact) mass is 417 g/mol. The molecule has 5 rings (SSSR count). The lowest BCUT2D eigenvalue weighted by molar-refractivity contribution is -0.133. The van der Waals surface area contributed by atoms with Gasteiger partial charge in [0.05, 0.1) is 6.54 Å². The number of carbonyl (C=O) groups excluding carboxylic acids is 1. The molecule has 1 N–H and O–H groups in total. The minimum Gasteiger partial charge on any atom is -0.381 e. The van der Waals surface area contributed by atoms with Crippen molar-refractivity contribution in [1.29, 1.82) is 0 Å². The maximum atomic E-state index is 13.4. The van der Waals surface area contributed by atoms with Gasteiger partial charge in [0, 0.05) is 68.0 Å². The van der Waals surface area contributed by atoms with Gasteiger partial charge in [-0.1, -0.05) is 48.5 Å². The fourth-order valence-electron chi connectivity index (χ4n) is 4.99. The Morgan fingerprint density at radius 1 is 1.06 bits per heavy atom. The summed E-state index contributed by atoms with van der Waals surface area (Å²) in [4.78, 5) is 21.3. The lowest BCUT2D eigenvalue weighted by Crippen LogP contribution is -2.44.